The van der Waals surface area contributed by atoms with Crippen LogP contribution in [0.1, 0.15) is 41.0 Å². The van der Waals surface area contributed by atoms with Gasteiger partial charge in [0, 0.05) is 6.54 Å². The molecule has 0 fully saturated rings. The van der Waals surface area contributed by atoms with Crippen LogP contribution in [-0.4, -0.2) is 35.6 Å². The van der Waals surface area contributed by atoms with E-state index in [4.69, 9.17) is 10.8 Å². The van der Waals surface area contributed by atoms with Crippen molar-refractivity contribution in [2.45, 2.75) is 47.1 Å². The highest BCUT2D eigenvalue weighted by Gasteiger charge is 2.26. The van der Waals surface area contributed by atoms with Crippen molar-refractivity contribution < 1.29 is 19.5 Å². The predicted octanol–water partition coefficient (Wildman–Crippen LogP) is 0.933. The molecule has 0 aliphatic rings. The van der Waals surface area contributed by atoms with Crippen molar-refractivity contribution in [2.75, 3.05) is 6.54 Å². The van der Waals surface area contributed by atoms with Gasteiger partial charge in [-0.25, -0.2) is 4.79 Å². The van der Waals surface area contributed by atoms with Crippen LogP contribution in [0, 0.1) is 17.3 Å². The van der Waals surface area contributed by atoms with Crippen LogP contribution in [0.3, 0.4) is 0 Å². The molecule has 2 atom stereocenters. The number of amides is 3. The van der Waals surface area contributed by atoms with E-state index < -0.39 is 29.9 Å². The third-order valence-corrected chi connectivity index (χ3v) is 2.98. The van der Waals surface area contributed by atoms with Crippen LogP contribution in [0.2, 0.25) is 0 Å². The highest BCUT2D eigenvalue weighted by Crippen LogP contribution is 2.24. The van der Waals surface area contributed by atoms with Gasteiger partial charge in [0.25, 0.3) is 0 Å². The van der Waals surface area contributed by atoms with Crippen molar-refractivity contribution in [2.24, 2.45) is 23.0 Å². The fraction of sp³-hybridized carbons (Fsp3) is 0.786. The Morgan fingerprint density at radius 2 is 1.71 bits per heavy atom. The highest BCUT2D eigenvalue weighted by atomic mass is 16.4. The molecule has 0 saturated heterocycles. The lowest BCUT2D eigenvalue weighted by atomic mass is 9.84. The van der Waals surface area contributed by atoms with E-state index in [9.17, 15) is 14.4 Å². The van der Waals surface area contributed by atoms with E-state index in [-0.39, 0.29) is 17.9 Å². The van der Waals surface area contributed by atoms with E-state index in [1.54, 1.807) is 13.8 Å². The first-order chi connectivity index (χ1) is 9.44. The topological polar surface area (TPSA) is 122 Å². The maximum absolute atomic E-state index is 11.7. The molecule has 0 aromatic heterocycles. The van der Waals surface area contributed by atoms with E-state index >= 15 is 0 Å². The van der Waals surface area contributed by atoms with Crippen molar-refractivity contribution in [1.29, 1.82) is 0 Å². The molecule has 21 heavy (non-hydrogen) atoms. The molecule has 0 aliphatic carbocycles. The molecule has 0 heterocycles. The number of hydrogen-bond acceptors (Lipinski definition) is 3. The second-order valence-electron chi connectivity index (χ2n) is 6.78. The first kappa shape index (κ1) is 19.2. The SMILES string of the molecule is CC(C)C(NC(=O)NCC(CC(C)(C)C)C(=O)O)C(N)=O. The zero-order valence-corrected chi connectivity index (χ0v) is 13.4. The molecule has 122 valence electrons. The van der Waals surface area contributed by atoms with Crippen LogP contribution in [0.25, 0.3) is 0 Å². The quantitative estimate of drug-likeness (QED) is 0.559. The summed E-state index contributed by atoms with van der Waals surface area (Å²) >= 11 is 0. The molecule has 0 rings (SSSR count). The van der Waals surface area contributed by atoms with Crippen LogP contribution >= 0.6 is 0 Å². The number of nitrogens with two attached hydrogens (primary N) is 1. The minimum absolute atomic E-state index is 0.00200. The predicted molar refractivity (Wildman–Crippen MR) is 79.6 cm³/mol. The van der Waals surface area contributed by atoms with Crippen LogP contribution in [0.5, 0.6) is 0 Å². The molecule has 3 amide bonds. The molecule has 5 N–H and O–H groups in total. The zero-order chi connectivity index (χ0) is 16.8. The monoisotopic (exact) mass is 301 g/mol. The van der Waals surface area contributed by atoms with E-state index in [1.165, 1.54) is 0 Å². The number of carbonyl (C=O) groups excluding carboxylic acids is 2. The van der Waals surface area contributed by atoms with E-state index in [0.29, 0.717) is 6.42 Å². The number of urea groups is 1. The lowest BCUT2D eigenvalue weighted by molar-refractivity contribution is -0.142. The van der Waals surface area contributed by atoms with Gasteiger partial charge in [-0.3, -0.25) is 9.59 Å². The second-order valence-corrected chi connectivity index (χ2v) is 6.78. The maximum atomic E-state index is 11.7. The van der Waals surface area contributed by atoms with Crippen LogP contribution < -0.4 is 16.4 Å². The van der Waals surface area contributed by atoms with Gasteiger partial charge in [0.2, 0.25) is 5.91 Å². The summed E-state index contributed by atoms with van der Waals surface area (Å²) in [5.41, 5.74) is 5.04. The summed E-state index contributed by atoms with van der Waals surface area (Å²) in [6.45, 7) is 9.33. The third-order valence-electron chi connectivity index (χ3n) is 2.98. The third kappa shape index (κ3) is 8.16. The van der Waals surface area contributed by atoms with Gasteiger partial charge in [-0.05, 0) is 17.8 Å². The molecule has 0 aromatic carbocycles. The van der Waals surface area contributed by atoms with Gasteiger partial charge in [0.05, 0.1) is 5.92 Å². The van der Waals surface area contributed by atoms with Crippen molar-refractivity contribution in [3.63, 3.8) is 0 Å². The number of carbonyl (C=O) groups is 3. The molecule has 7 heteroatoms. The lowest BCUT2D eigenvalue weighted by Crippen LogP contribution is -2.52. The fourth-order valence-electron chi connectivity index (χ4n) is 1.96. The van der Waals surface area contributed by atoms with Crippen LogP contribution in [0.4, 0.5) is 4.79 Å². The number of rotatable bonds is 7. The van der Waals surface area contributed by atoms with Crippen LogP contribution in [0.15, 0.2) is 0 Å². The van der Waals surface area contributed by atoms with Gasteiger partial charge in [0.15, 0.2) is 0 Å². The minimum Gasteiger partial charge on any atom is -0.481 e. The summed E-state index contributed by atoms with van der Waals surface area (Å²) in [6, 6.07) is -1.37. The van der Waals surface area contributed by atoms with Crippen molar-refractivity contribution in [1.82, 2.24) is 10.6 Å². The van der Waals surface area contributed by atoms with Crippen molar-refractivity contribution >= 4 is 17.9 Å². The highest BCUT2D eigenvalue weighted by molar-refractivity contribution is 5.86. The smallest absolute Gasteiger partial charge is 0.315 e. The minimum atomic E-state index is -0.958. The molecule has 0 aromatic rings. The van der Waals surface area contributed by atoms with Gasteiger partial charge in [-0.2, -0.15) is 0 Å². The number of nitrogens with one attached hydrogen (secondary N) is 2. The summed E-state index contributed by atoms with van der Waals surface area (Å²) < 4.78 is 0. The number of hydrogen-bond donors (Lipinski definition) is 4. The normalized spacial score (nSPS) is 14.4. The number of carboxylic acid groups (broad SMARTS) is 1. The zero-order valence-electron chi connectivity index (χ0n) is 13.4. The summed E-state index contributed by atoms with van der Waals surface area (Å²) in [7, 11) is 0. The Kier molecular flexibility index (Phi) is 7.18. The lowest BCUT2D eigenvalue weighted by Gasteiger charge is -2.24. The molecule has 2 unspecified atom stereocenters. The fourth-order valence-corrected chi connectivity index (χ4v) is 1.96. The van der Waals surface area contributed by atoms with E-state index in [1.807, 2.05) is 20.8 Å². The van der Waals surface area contributed by atoms with Gasteiger partial charge >= 0.3 is 12.0 Å². The van der Waals surface area contributed by atoms with Crippen molar-refractivity contribution in [3.05, 3.63) is 0 Å². The molecular weight excluding hydrogens is 274 g/mol. The average molecular weight is 301 g/mol. The van der Waals surface area contributed by atoms with Crippen molar-refractivity contribution in [3.8, 4) is 0 Å². The van der Waals surface area contributed by atoms with Gasteiger partial charge in [-0.1, -0.05) is 34.6 Å². The number of carboxylic acids is 1. The Morgan fingerprint density at radius 3 is 2.05 bits per heavy atom. The van der Waals surface area contributed by atoms with Crippen LogP contribution in [-0.2, 0) is 9.59 Å². The standard InChI is InChI=1S/C14H27N3O4/c1-8(2)10(11(15)18)17-13(21)16-7-9(12(19)20)6-14(3,4)5/h8-10H,6-7H2,1-5H3,(H2,15,18)(H,19,20)(H2,16,17,21). The Hall–Kier alpha value is -1.79. The molecule has 7 nitrogen and oxygen atoms in total. The maximum Gasteiger partial charge on any atom is 0.315 e. The molecule has 0 spiro atoms. The molecular formula is C14H27N3O4. The number of primary amides is 1. The summed E-state index contributed by atoms with van der Waals surface area (Å²) in [5.74, 6) is -2.40. The van der Waals surface area contributed by atoms with Gasteiger partial charge in [-0.15, -0.1) is 0 Å². The Balaban J connectivity index is 4.50. The summed E-state index contributed by atoms with van der Waals surface area (Å²) in [4.78, 5) is 34.1. The Labute approximate surface area is 125 Å². The van der Waals surface area contributed by atoms with E-state index in [0.717, 1.165) is 0 Å². The Bertz CT molecular complexity index is 388. The summed E-state index contributed by atoms with van der Waals surface area (Å²) in [5, 5.41) is 14.1. The largest absolute Gasteiger partial charge is 0.481 e. The number of aliphatic carboxylic acids is 1. The molecule has 0 aliphatic heterocycles. The molecule has 0 radical (unpaired) electrons. The molecule has 0 bridgehead atoms. The summed E-state index contributed by atoms with van der Waals surface area (Å²) in [6.07, 6.45) is 0.437. The average Bonchev–Trinajstić information content (AvgIpc) is 2.28. The Morgan fingerprint density at radius 1 is 1.19 bits per heavy atom. The van der Waals surface area contributed by atoms with Gasteiger partial charge in [0.1, 0.15) is 6.04 Å². The first-order valence-electron chi connectivity index (χ1n) is 7.00. The first-order valence-corrected chi connectivity index (χ1v) is 7.00. The van der Waals surface area contributed by atoms with E-state index in [2.05, 4.69) is 10.6 Å². The second kappa shape index (κ2) is 7.85. The van der Waals surface area contributed by atoms with Gasteiger partial charge < -0.3 is 21.5 Å². The molecule has 0 saturated carbocycles.